The lowest BCUT2D eigenvalue weighted by atomic mass is 9.99. The molecule has 3 aromatic rings. The average Bonchev–Trinajstić information content (AvgIpc) is 2.82. The molecule has 2 aliphatic heterocycles. The zero-order chi connectivity index (χ0) is 25.9. The van der Waals surface area contributed by atoms with E-state index in [-0.39, 0.29) is 41.3 Å². The summed E-state index contributed by atoms with van der Waals surface area (Å²) >= 11 is 0. The highest BCUT2D eigenvalue weighted by atomic mass is 19.4. The number of nitrogens with zero attached hydrogens (tertiary/aromatic N) is 2. The molecule has 0 saturated heterocycles. The van der Waals surface area contributed by atoms with Gasteiger partial charge in [0.25, 0.3) is 5.91 Å². The molecule has 188 valence electrons. The van der Waals surface area contributed by atoms with Crippen molar-refractivity contribution in [3.8, 4) is 0 Å². The van der Waals surface area contributed by atoms with Crippen LogP contribution in [-0.2, 0) is 12.6 Å². The summed E-state index contributed by atoms with van der Waals surface area (Å²) in [5.41, 5.74) is -2.69. The van der Waals surface area contributed by atoms with Gasteiger partial charge >= 0.3 is 6.18 Å². The molecule has 5 rings (SSSR count). The molecule has 1 atom stereocenters. The molecule has 1 amide bonds. The van der Waals surface area contributed by atoms with Crippen LogP contribution in [0.1, 0.15) is 34.8 Å². The van der Waals surface area contributed by atoms with Crippen LogP contribution in [-0.4, -0.2) is 23.6 Å². The van der Waals surface area contributed by atoms with E-state index in [0.717, 1.165) is 17.0 Å². The second kappa shape index (κ2) is 8.32. The molecule has 2 bridgehead atoms. The summed E-state index contributed by atoms with van der Waals surface area (Å²) in [6, 6.07) is 5.16. The van der Waals surface area contributed by atoms with Gasteiger partial charge in [-0.3, -0.25) is 14.5 Å². The van der Waals surface area contributed by atoms with Crippen LogP contribution in [0.5, 0.6) is 0 Å². The molecule has 1 aromatic heterocycles. The minimum Gasteiger partial charge on any atom is -0.367 e. The smallest absolute Gasteiger partial charge is 0.367 e. The van der Waals surface area contributed by atoms with Crippen molar-refractivity contribution in [1.82, 2.24) is 4.98 Å². The van der Waals surface area contributed by atoms with Crippen LogP contribution < -0.4 is 20.7 Å². The van der Waals surface area contributed by atoms with Gasteiger partial charge in [-0.05, 0) is 50.1 Å². The Morgan fingerprint density at radius 1 is 0.917 bits per heavy atom. The average molecular weight is 508 g/mol. The molecule has 0 fully saturated rings. The van der Waals surface area contributed by atoms with E-state index in [4.69, 9.17) is 0 Å². The Morgan fingerprint density at radius 2 is 1.64 bits per heavy atom. The number of pyridine rings is 1. The Labute approximate surface area is 200 Å². The fourth-order valence-corrected chi connectivity index (χ4v) is 4.55. The zero-order valence-electron chi connectivity index (χ0n) is 18.6. The first-order chi connectivity index (χ1) is 17.0. The molecule has 0 aliphatic carbocycles. The van der Waals surface area contributed by atoms with Gasteiger partial charge in [-0.15, -0.1) is 0 Å². The molecule has 0 spiro atoms. The lowest BCUT2D eigenvalue weighted by Gasteiger charge is -2.39. The van der Waals surface area contributed by atoms with Crippen molar-refractivity contribution in [3.05, 3.63) is 80.9 Å². The van der Waals surface area contributed by atoms with Crippen molar-refractivity contribution in [3.63, 3.8) is 0 Å². The predicted octanol–water partition coefficient (Wildman–Crippen LogP) is 5.31. The number of fused-ring (bicyclic) bond motifs is 8. The van der Waals surface area contributed by atoms with E-state index in [9.17, 15) is 35.9 Å². The maximum Gasteiger partial charge on any atom is 0.419 e. The predicted molar refractivity (Wildman–Crippen MR) is 120 cm³/mol. The van der Waals surface area contributed by atoms with Gasteiger partial charge in [0.15, 0.2) is 11.6 Å². The minimum absolute atomic E-state index is 0.0212. The molecule has 3 heterocycles. The molecular formula is C24H18F6N4O2. The van der Waals surface area contributed by atoms with Crippen LogP contribution in [0.4, 0.5) is 49.2 Å². The number of H-pyrrole nitrogens is 1. The van der Waals surface area contributed by atoms with Crippen molar-refractivity contribution in [2.45, 2.75) is 32.0 Å². The number of carbonyl (C=O) groups is 1. The highest BCUT2D eigenvalue weighted by molar-refractivity contribution is 6.13. The molecule has 1 unspecified atom stereocenters. The van der Waals surface area contributed by atoms with Gasteiger partial charge in [-0.25, -0.2) is 13.2 Å². The molecular weight excluding hydrogens is 490 g/mol. The van der Waals surface area contributed by atoms with E-state index < -0.39 is 58.9 Å². The second-order valence-electron chi connectivity index (χ2n) is 8.68. The standard InChI is InChI=1S/C24H18F6N4O2/c1-11-2-3-12-17(5-4-15(25)21(12)27)33-10-34(18-6-7-20(35)32-22(18)31-11)23(36)13-8-16(26)14(9-19(13)33)24(28,29)30/h4-9,11H,2-3,10H2,1H3,(H2,31,32,35). The molecule has 0 radical (unpaired) electrons. The highest BCUT2D eigenvalue weighted by Crippen LogP contribution is 2.43. The highest BCUT2D eigenvalue weighted by Gasteiger charge is 2.40. The van der Waals surface area contributed by atoms with Crippen LogP contribution >= 0.6 is 0 Å². The summed E-state index contributed by atoms with van der Waals surface area (Å²) in [5.74, 6) is -4.65. The summed E-state index contributed by atoms with van der Waals surface area (Å²) in [4.78, 5) is 30.4. The summed E-state index contributed by atoms with van der Waals surface area (Å²) in [6.45, 7) is 1.31. The normalized spacial score (nSPS) is 17.5. The van der Waals surface area contributed by atoms with E-state index >= 15 is 0 Å². The summed E-state index contributed by atoms with van der Waals surface area (Å²) in [7, 11) is 0. The quantitative estimate of drug-likeness (QED) is 0.404. The lowest BCUT2D eigenvalue weighted by molar-refractivity contribution is -0.139. The van der Waals surface area contributed by atoms with Gasteiger partial charge in [0.05, 0.1) is 22.5 Å². The molecule has 2 aromatic carbocycles. The summed E-state index contributed by atoms with van der Waals surface area (Å²) in [6.07, 6.45) is -4.83. The van der Waals surface area contributed by atoms with E-state index in [1.165, 1.54) is 17.0 Å². The Balaban J connectivity index is 1.82. The third-order valence-corrected chi connectivity index (χ3v) is 6.31. The van der Waals surface area contributed by atoms with Crippen molar-refractivity contribution >= 4 is 28.8 Å². The number of benzene rings is 2. The van der Waals surface area contributed by atoms with Crippen LogP contribution in [0.2, 0.25) is 0 Å². The number of halogens is 6. The van der Waals surface area contributed by atoms with Crippen LogP contribution in [0.3, 0.4) is 0 Å². The molecule has 2 aliphatic rings. The second-order valence-corrected chi connectivity index (χ2v) is 8.68. The van der Waals surface area contributed by atoms with Crippen molar-refractivity contribution in [2.75, 3.05) is 21.8 Å². The van der Waals surface area contributed by atoms with Crippen molar-refractivity contribution in [2.24, 2.45) is 0 Å². The van der Waals surface area contributed by atoms with Gasteiger partial charge in [0.2, 0.25) is 5.56 Å². The number of alkyl halides is 3. The molecule has 36 heavy (non-hydrogen) atoms. The van der Waals surface area contributed by atoms with Gasteiger partial charge in [-0.2, -0.15) is 13.2 Å². The maximum atomic E-state index is 15.0. The number of aromatic amines is 1. The molecule has 12 heteroatoms. The summed E-state index contributed by atoms with van der Waals surface area (Å²) < 4.78 is 84.4. The van der Waals surface area contributed by atoms with Gasteiger partial charge < -0.3 is 15.2 Å². The maximum absolute atomic E-state index is 15.0. The van der Waals surface area contributed by atoms with Crippen LogP contribution in [0, 0.1) is 17.5 Å². The SMILES string of the molecule is CC1CCc2c(ccc(F)c2F)N2CN(C(=O)c3cc(F)c(C(F)(F)F)cc32)c2ccc(=O)[nH]c2N1. The van der Waals surface area contributed by atoms with Gasteiger partial charge in [-0.1, -0.05) is 0 Å². The Morgan fingerprint density at radius 3 is 2.36 bits per heavy atom. The Bertz CT molecular complexity index is 1450. The fourth-order valence-electron chi connectivity index (χ4n) is 4.55. The zero-order valence-corrected chi connectivity index (χ0v) is 18.6. The van der Waals surface area contributed by atoms with E-state index in [1.807, 2.05) is 0 Å². The van der Waals surface area contributed by atoms with E-state index in [2.05, 4.69) is 10.3 Å². The number of hydrogen-bond acceptors (Lipinski definition) is 4. The number of anilines is 4. The largest absolute Gasteiger partial charge is 0.419 e. The molecule has 0 saturated carbocycles. The third-order valence-electron chi connectivity index (χ3n) is 6.31. The number of amides is 1. The number of carbonyl (C=O) groups excluding carboxylic acids is 1. The number of aromatic nitrogens is 1. The first-order valence-electron chi connectivity index (χ1n) is 10.9. The first kappa shape index (κ1) is 23.8. The Hall–Kier alpha value is -3.96. The molecule has 6 nitrogen and oxygen atoms in total. The minimum atomic E-state index is -5.06. The van der Waals surface area contributed by atoms with Crippen molar-refractivity contribution in [1.29, 1.82) is 0 Å². The van der Waals surface area contributed by atoms with Crippen LogP contribution in [0.15, 0.2) is 41.2 Å². The number of rotatable bonds is 0. The van der Waals surface area contributed by atoms with Gasteiger partial charge in [0, 0.05) is 23.4 Å². The topological polar surface area (TPSA) is 68.4 Å². The number of hydrogen-bond donors (Lipinski definition) is 2. The van der Waals surface area contributed by atoms with Crippen molar-refractivity contribution < 1.29 is 31.1 Å². The van der Waals surface area contributed by atoms with E-state index in [0.29, 0.717) is 12.1 Å². The molecule has 2 N–H and O–H groups in total. The lowest BCUT2D eigenvalue weighted by Crippen LogP contribution is -2.46. The fraction of sp³-hybridized carbons (Fsp3) is 0.250. The number of nitrogens with one attached hydrogen (secondary N) is 2. The van der Waals surface area contributed by atoms with Crippen LogP contribution in [0.25, 0.3) is 0 Å². The van der Waals surface area contributed by atoms with Gasteiger partial charge in [0.1, 0.15) is 18.3 Å². The Kier molecular flexibility index (Phi) is 5.49. The third kappa shape index (κ3) is 3.86. The first-order valence-corrected chi connectivity index (χ1v) is 10.9. The monoisotopic (exact) mass is 508 g/mol. The summed E-state index contributed by atoms with van der Waals surface area (Å²) in [5, 5.41) is 3.04. The van der Waals surface area contributed by atoms with E-state index in [1.54, 1.807) is 6.92 Å².